The number of carbonyl (C=O) groups excluding carboxylic acids is 2. The SMILES string of the molecule is O=C(Nc1ccc(C2=NCCN2)cc1)c1ccc(C(=O)Nc2ccc(C3=NCCN3)cc2)cc1.O=CO. The Hall–Kier alpha value is -4.99. The molecule has 5 rings (SSSR count). The average Bonchev–Trinajstić information content (AvgIpc) is 3.65. The summed E-state index contributed by atoms with van der Waals surface area (Å²) in [6, 6.07) is 21.6. The summed E-state index contributed by atoms with van der Waals surface area (Å²) in [6.07, 6.45) is 0. The number of anilines is 2. The number of aliphatic imine (C=N–C) groups is 2. The van der Waals surface area contributed by atoms with E-state index in [4.69, 9.17) is 9.90 Å². The quantitative estimate of drug-likeness (QED) is 0.331. The number of amides is 2. The van der Waals surface area contributed by atoms with E-state index >= 15 is 0 Å². The van der Waals surface area contributed by atoms with Crippen LogP contribution in [0.2, 0.25) is 0 Å². The molecule has 3 aromatic carbocycles. The first kappa shape index (κ1) is 25.1. The van der Waals surface area contributed by atoms with E-state index in [9.17, 15) is 9.59 Å². The van der Waals surface area contributed by atoms with Crippen molar-refractivity contribution in [2.45, 2.75) is 0 Å². The molecule has 10 nitrogen and oxygen atoms in total. The molecule has 2 heterocycles. The predicted molar refractivity (Wildman–Crippen MR) is 143 cm³/mol. The number of rotatable bonds is 6. The first-order valence-electron chi connectivity index (χ1n) is 11.7. The summed E-state index contributed by atoms with van der Waals surface area (Å²) >= 11 is 0. The predicted octanol–water partition coefficient (Wildman–Crippen LogP) is 2.59. The number of carboxylic acid groups (broad SMARTS) is 1. The molecule has 2 amide bonds. The maximum absolute atomic E-state index is 12.6. The molecule has 2 aliphatic heterocycles. The number of nitrogens with one attached hydrogen (secondary N) is 4. The summed E-state index contributed by atoms with van der Waals surface area (Å²) < 4.78 is 0. The molecule has 0 unspecified atom stereocenters. The summed E-state index contributed by atoms with van der Waals surface area (Å²) in [4.78, 5) is 42.4. The Kier molecular flexibility index (Phi) is 8.22. The number of hydrogen-bond acceptors (Lipinski definition) is 7. The second-order valence-electron chi connectivity index (χ2n) is 8.06. The van der Waals surface area contributed by atoms with Crippen molar-refractivity contribution in [3.63, 3.8) is 0 Å². The minimum Gasteiger partial charge on any atom is -0.483 e. The van der Waals surface area contributed by atoms with E-state index in [0.717, 1.165) is 49.0 Å². The monoisotopic (exact) mass is 498 g/mol. The van der Waals surface area contributed by atoms with Gasteiger partial charge in [0, 0.05) is 46.7 Å². The van der Waals surface area contributed by atoms with Crippen molar-refractivity contribution in [1.82, 2.24) is 10.6 Å². The zero-order valence-electron chi connectivity index (χ0n) is 19.9. The maximum atomic E-state index is 12.6. The van der Waals surface area contributed by atoms with Crippen molar-refractivity contribution in [2.24, 2.45) is 9.98 Å². The highest BCUT2D eigenvalue weighted by molar-refractivity contribution is 6.08. The molecular formula is C27H26N6O4. The van der Waals surface area contributed by atoms with Crippen LogP contribution in [0, 0.1) is 0 Å². The van der Waals surface area contributed by atoms with Crippen molar-refractivity contribution in [2.75, 3.05) is 36.8 Å². The number of carbonyl (C=O) groups is 3. The largest absolute Gasteiger partial charge is 0.483 e. The van der Waals surface area contributed by atoms with Crippen LogP contribution in [0.4, 0.5) is 11.4 Å². The third-order valence-corrected chi connectivity index (χ3v) is 5.59. The molecule has 0 bridgehead atoms. The Morgan fingerprint density at radius 3 is 1.32 bits per heavy atom. The van der Waals surface area contributed by atoms with Crippen LogP contribution in [0.3, 0.4) is 0 Å². The fraction of sp³-hybridized carbons (Fsp3) is 0.148. The van der Waals surface area contributed by atoms with Gasteiger partial charge in [0.2, 0.25) is 0 Å². The van der Waals surface area contributed by atoms with Crippen LogP contribution in [0.5, 0.6) is 0 Å². The Morgan fingerprint density at radius 2 is 1.03 bits per heavy atom. The van der Waals surface area contributed by atoms with Gasteiger partial charge >= 0.3 is 0 Å². The second kappa shape index (κ2) is 12.1. The van der Waals surface area contributed by atoms with Crippen molar-refractivity contribution in [1.29, 1.82) is 0 Å². The van der Waals surface area contributed by atoms with Crippen LogP contribution < -0.4 is 21.3 Å². The molecule has 5 N–H and O–H groups in total. The van der Waals surface area contributed by atoms with Crippen LogP contribution in [0.15, 0.2) is 82.8 Å². The van der Waals surface area contributed by atoms with Gasteiger partial charge in [0.15, 0.2) is 0 Å². The molecule has 0 saturated carbocycles. The van der Waals surface area contributed by atoms with Gasteiger partial charge in [-0.15, -0.1) is 0 Å². The van der Waals surface area contributed by atoms with E-state index in [1.165, 1.54) is 0 Å². The molecule has 0 saturated heterocycles. The van der Waals surface area contributed by atoms with Crippen LogP contribution >= 0.6 is 0 Å². The van der Waals surface area contributed by atoms with Gasteiger partial charge in [-0.3, -0.25) is 24.4 Å². The van der Waals surface area contributed by atoms with E-state index < -0.39 is 0 Å². The van der Waals surface area contributed by atoms with Crippen LogP contribution in [-0.2, 0) is 4.79 Å². The lowest BCUT2D eigenvalue weighted by atomic mass is 10.1. The van der Waals surface area contributed by atoms with Gasteiger partial charge in [0.05, 0.1) is 13.1 Å². The highest BCUT2D eigenvalue weighted by atomic mass is 16.3. The molecule has 0 spiro atoms. The summed E-state index contributed by atoms with van der Waals surface area (Å²) in [5, 5.41) is 19.1. The topological polar surface area (TPSA) is 144 Å². The van der Waals surface area contributed by atoms with Gasteiger partial charge in [-0.1, -0.05) is 0 Å². The molecule has 0 fully saturated rings. The average molecular weight is 499 g/mol. The van der Waals surface area contributed by atoms with Gasteiger partial charge in [-0.05, 0) is 72.8 Å². The molecule has 37 heavy (non-hydrogen) atoms. The third-order valence-electron chi connectivity index (χ3n) is 5.59. The van der Waals surface area contributed by atoms with Crippen molar-refractivity contribution >= 4 is 41.3 Å². The molecule has 0 radical (unpaired) electrons. The van der Waals surface area contributed by atoms with Gasteiger partial charge in [0.1, 0.15) is 11.7 Å². The standard InChI is InChI=1S/C26H24N6O2.CH2O2/c33-25(31-21-9-5-17(6-10-21)23-27-13-14-28-23)19-1-2-20(4-3-19)26(34)32-22-11-7-18(8-12-22)24-29-15-16-30-24;2-1-3/h1-12H,13-16H2,(H,27,28)(H,29,30)(H,31,33)(H,32,34);1H,(H,2,3). The molecular weight excluding hydrogens is 472 g/mol. The van der Waals surface area contributed by atoms with E-state index in [1.54, 1.807) is 24.3 Å². The lowest BCUT2D eigenvalue weighted by molar-refractivity contribution is -0.122. The lowest BCUT2D eigenvalue weighted by Gasteiger charge is -2.09. The van der Waals surface area contributed by atoms with Crippen molar-refractivity contribution in [3.05, 3.63) is 95.1 Å². The van der Waals surface area contributed by atoms with E-state index in [-0.39, 0.29) is 18.3 Å². The van der Waals surface area contributed by atoms with Crippen LogP contribution in [0.1, 0.15) is 31.8 Å². The normalized spacial score (nSPS) is 13.6. The summed E-state index contributed by atoms with van der Waals surface area (Å²) in [6.45, 7) is 3.01. The Bertz CT molecular complexity index is 1220. The molecule has 2 aliphatic rings. The zero-order valence-corrected chi connectivity index (χ0v) is 19.9. The molecule has 188 valence electrons. The minimum absolute atomic E-state index is 0.241. The molecule has 10 heteroatoms. The van der Waals surface area contributed by atoms with E-state index in [2.05, 4.69) is 31.3 Å². The number of hydrogen-bond donors (Lipinski definition) is 5. The maximum Gasteiger partial charge on any atom is 0.290 e. The first-order valence-corrected chi connectivity index (χ1v) is 11.7. The minimum atomic E-state index is -0.250. The molecule has 0 aromatic heterocycles. The summed E-state index contributed by atoms with van der Waals surface area (Å²) in [5.74, 6) is 1.27. The molecule has 3 aromatic rings. The third kappa shape index (κ3) is 6.57. The Labute approximate surface area is 213 Å². The smallest absolute Gasteiger partial charge is 0.290 e. The fourth-order valence-corrected chi connectivity index (χ4v) is 3.78. The number of amidine groups is 2. The number of benzene rings is 3. The van der Waals surface area contributed by atoms with Crippen LogP contribution in [-0.4, -0.2) is 61.2 Å². The van der Waals surface area contributed by atoms with E-state index in [0.29, 0.717) is 22.5 Å². The first-order chi connectivity index (χ1) is 18.1. The van der Waals surface area contributed by atoms with Gasteiger partial charge in [-0.2, -0.15) is 0 Å². The summed E-state index contributed by atoms with van der Waals surface area (Å²) in [7, 11) is 0. The second-order valence-corrected chi connectivity index (χ2v) is 8.06. The number of nitrogens with zero attached hydrogens (tertiary/aromatic N) is 2. The highest BCUT2D eigenvalue weighted by Crippen LogP contribution is 2.15. The van der Waals surface area contributed by atoms with Crippen molar-refractivity contribution in [3.8, 4) is 0 Å². The van der Waals surface area contributed by atoms with E-state index in [1.807, 2.05) is 48.5 Å². The molecule has 0 aliphatic carbocycles. The molecule has 0 atom stereocenters. The van der Waals surface area contributed by atoms with Crippen LogP contribution in [0.25, 0.3) is 0 Å². The highest BCUT2D eigenvalue weighted by Gasteiger charge is 2.12. The van der Waals surface area contributed by atoms with Gasteiger partial charge in [-0.25, -0.2) is 0 Å². The van der Waals surface area contributed by atoms with Gasteiger partial charge in [0.25, 0.3) is 18.3 Å². The lowest BCUT2D eigenvalue weighted by Crippen LogP contribution is -2.19. The zero-order chi connectivity index (χ0) is 26.0. The summed E-state index contributed by atoms with van der Waals surface area (Å²) in [5.41, 5.74) is 4.30. The Balaban J connectivity index is 0.00000102. The van der Waals surface area contributed by atoms with Crippen molar-refractivity contribution < 1.29 is 19.5 Å². The fourth-order valence-electron chi connectivity index (χ4n) is 3.78. The Morgan fingerprint density at radius 1 is 0.676 bits per heavy atom. The van der Waals surface area contributed by atoms with Gasteiger partial charge < -0.3 is 26.4 Å².